The van der Waals surface area contributed by atoms with Crippen molar-refractivity contribution in [3.8, 4) is 17.2 Å². The number of piperazine rings is 1. The first-order valence-electron chi connectivity index (χ1n) is 9.21. The van der Waals surface area contributed by atoms with Gasteiger partial charge in [-0.2, -0.15) is 0 Å². The summed E-state index contributed by atoms with van der Waals surface area (Å²) in [6.07, 6.45) is 0. The second kappa shape index (κ2) is 12.1. The van der Waals surface area contributed by atoms with Crippen molar-refractivity contribution in [2.75, 3.05) is 60.6 Å². The van der Waals surface area contributed by atoms with Gasteiger partial charge in [0.2, 0.25) is 5.75 Å². The van der Waals surface area contributed by atoms with Crippen molar-refractivity contribution >= 4 is 29.9 Å². The highest BCUT2D eigenvalue weighted by molar-refractivity contribution is 14.0. The fourth-order valence-electron chi connectivity index (χ4n) is 3.18. The van der Waals surface area contributed by atoms with E-state index >= 15 is 0 Å². The van der Waals surface area contributed by atoms with Crippen molar-refractivity contribution in [2.24, 2.45) is 4.99 Å². The van der Waals surface area contributed by atoms with Crippen LogP contribution in [0.5, 0.6) is 17.2 Å². The smallest absolute Gasteiger partial charge is 0.203 e. The van der Waals surface area contributed by atoms with Gasteiger partial charge in [0, 0.05) is 45.8 Å². The van der Waals surface area contributed by atoms with Gasteiger partial charge < -0.3 is 24.4 Å². The molecule has 8 heteroatoms. The van der Waals surface area contributed by atoms with E-state index in [0.717, 1.165) is 57.3 Å². The van der Waals surface area contributed by atoms with Crippen molar-refractivity contribution in [3.05, 3.63) is 17.7 Å². The SMILES string of the molecule is CCN=C(NCC)N1CCN(Cc2cc(OC)c(OC)c(OC)c2)CC1.I. The molecule has 0 aliphatic carbocycles. The van der Waals surface area contributed by atoms with Gasteiger partial charge in [-0.3, -0.25) is 9.89 Å². The fraction of sp³-hybridized carbons (Fsp3) is 0.632. The third kappa shape index (κ3) is 6.31. The molecule has 1 N–H and O–H groups in total. The van der Waals surface area contributed by atoms with Gasteiger partial charge in [0.1, 0.15) is 0 Å². The number of hydrogen-bond donors (Lipinski definition) is 1. The Morgan fingerprint density at radius 3 is 2.04 bits per heavy atom. The summed E-state index contributed by atoms with van der Waals surface area (Å²) in [5.74, 6) is 3.05. The minimum atomic E-state index is 0. The number of nitrogens with one attached hydrogen (secondary N) is 1. The Labute approximate surface area is 180 Å². The average Bonchev–Trinajstić information content (AvgIpc) is 2.67. The van der Waals surface area contributed by atoms with E-state index in [1.54, 1.807) is 21.3 Å². The van der Waals surface area contributed by atoms with Crippen LogP contribution in [-0.2, 0) is 6.54 Å². The molecule has 1 heterocycles. The van der Waals surface area contributed by atoms with Crippen LogP contribution in [0, 0.1) is 0 Å². The zero-order valence-corrected chi connectivity index (χ0v) is 19.4. The van der Waals surface area contributed by atoms with Crippen LogP contribution >= 0.6 is 24.0 Å². The number of halogens is 1. The summed E-state index contributed by atoms with van der Waals surface area (Å²) in [7, 11) is 4.92. The molecule has 1 aliphatic rings. The maximum atomic E-state index is 5.46. The van der Waals surface area contributed by atoms with Crippen LogP contribution < -0.4 is 19.5 Å². The van der Waals surface area contributed by atoms with Crippen LogP contribution in [0.4, 0.5) is 0 Å². The molecular weight excluding hydrogens is 459 g/mol. The van der Waals surface area contributed by atoms with Crippen LogP contribution in [0.3, 0.4) is 0 Å². The van der Waals surface area contributed by atoms with E-state index in [4.69, 9.17) is 14.2 Å². The molecule has 0 bridgehead atoms. The van der Waals surface area contributed by atoms with E-state index in [-0.39, 0.29) is 24.0 Å². The minimum absolute atomic E-state index is 0. The summed E-state index contributed by atoms with van der Waals surface area (Å²) < 4.78 is 16.3. The third-order valence-electron chi connectivity index (χ3n) is 4.45. The average molecular weight is 492 g/mol. The van der Waals surface area contributed by atoms with Crippen molar-refractivity contribution < 1.29 is 14.2 Å². The quantitative estimate of drug-likeness (QED) is 0.359. The minimum Gasteiger partial charge on any atom is -0.493 e. The lowest BCUT2D eigenvalue weighted by molar-refractivity contribution is 0.172. The highest BCUT2D eigenvalue weighted by Gasteiger charge is 2.21. The predicted octanol–water partition coefficient (Wildman–Crippen LogP) is 2.43. The monoisotopic (exact) mass is 492 g/mol. The van der Waals surface area contributed by atoms with Crippen LogP contribution in [0.2, 0.25) is 0 Å². The van der Waals surface area contributed by atoms with Crippen molar-refractivity contribution in [1.29, 1.82) is 0 Å². The molecule has 0 spiro atoms. The number of hydrogen-bond acceptors (Lipinski definition) is 5. The van der Waals surface area contributed by atoms with E-state index in [9.17, 15) is 0 Å². The Balaban J connectivity index is 0.00000364. The largest absolute Gasteiger partial charge is 0.493 e. The molecule has 7 nitrogen and oxygen atoms in total. The molecule has 0 saturated carbocycles. The standard InChI is InChI=1S/C19H32N4O3.HI/c1-6-20-19(21-7-2)23-10-8-22(9-11-23)14-15-12-16(24-3)18(26-5)17(13-15)25-4;/h12-13H,6-11,14H2,1-5H3,(H,20,21);1H. The van der Waals surface area contributed by atoms with Gasteiger partial charge in [0.25, 0.3) is 0 Å². The number of guanidine groups is 1. The molecule has 1 aliphatic heterocycles. The van der Waals surface area contributed by atoms with Crippen molar-refractivity contribution in [2.45, 2.75) is 20.4 Å². The molecule has 0 radical (unpaired) electrons. The number of methoxy groups -OCH3 is 3. The molecule has 1 aromatic rings. The van der Waals surface area contributed by atoms with Crippen LogP contribution in [0.1, 0.15) is 19.4 Å². The lowest BCUT2D eigenvalue weighted by Gasteiger charge is -2.36. The Bertz CT molecular complexity index is 580. The highest BCUT2D eigenvalue weighted by atomic mass is 127. The molecular formula is C19H33IN4O3. The molecule has 0 unspecified atom stereocenters. The first kappa shape index (κ1) is 23.6. The highest BCUT2D eigenvalue weighted by Crippen LogP contribution is 2.38. The molecule has 27 heavy (non-hydrogen) atoms. The molecule has 2 rings (SSSR count). The summed E-state index contributed by atoms with van der Waals surface area (Å²) in [6, 6.07) is 4.05. The van der Waals surface area contributed by atoms with Gasteiger partial charge in [-0.15, -0.1) is 24.0 Å². The van der Waals surface area contributed by atoms with E-state index < -0.39 is 0 Å². The summed E-state index contributed by atoms with van der Waals surface area (Å²) >= 11 is 0. The predicted molar refractivity (Wildman–Crippen MR) is 120 cm³/mol. The first-order chi connectivity index (χ1) is 12.7. The lowest BCUT2D eigenvalue weighted by atomic mass is 10.1. The second-order valence-electron chi connectivity index (χ2n) is 6.13. The van der Waals surface area contributed by atoms with Crippen molar-refractivity contribution in [1.82, 2.24) is 15.1 Å². The topological polar surface area (TPSA) is 58.6 Å². The normalized spacial score (nSPS) is 15.1. The van der Waals surface area contributed by atoms with Gasteiger partial charge >= 0.3 is 0 Å². The van der Waals surface area contributed by atoms with Gasteiger partial charge in [0.15, 0.2) is 17.5 Å². The van der Waals surface area contributed by atoms with Gasteiger partial charge in [-0.25, -0.2) is 0 Å². The van der Waals surface area contributed by atoms with Gasteiger partial charge in [-0.05, 0) is 31.5 Å². The Kier molecular flexibility index (Phi) is 10.6. The van der Waals surface area contributed by atoms with E-state index in [1.165, 1.54) is 0 Å². The summed E-state index contributed by atoms with van der Waals surface area (Å²) in [4.78, 5) is 9.35. The Morgan fingerprint density at radius 2 is 1.59 bits per heavy atom. The van der Waals surface area contributed by atoms with Gasteiger partial charge in [-0.1, -0.05) is 0 Å². The number of rotatable bonds is 7. The summed E-state index contributed by atoms with van der Waals surface area (Å²) in [5, 5.41) is 3.37. The molecule has 0 atom stereocenters. The zero-order chi connectivity index (χ0) is 18.9. The second-order valence-corrected chi connectivity index (χ2v) is 6.13. The number of benzene rings is 1. The van der Waals surface area contributed by atoms with Gasteiger partial charge in [0.05, 0.1) is 21.3 Å². The fourth-order valence-corrected chi connectivity index (χ4v) is 3.18. The zero-order valence-electron chi connectivity index (χ0n) is 17.1. The number of aliphatic imine (C=N–C) groups is 1. The molecule has 154 valence electrons. The van der Waals surface area contributed by atoms with E-state index in [1.807, 2.05) is 12.1 Å². The molecule has 1 aromatic carbocycles. The maximum Gasteiger partial charge on any atom is 0.203 e. The van der Waals surface area contributed by atoms with Crippen LogP contribution in [0.25, 0.3) is 0 Å². The van der Waals surface area contributed by atoms with E-state index in [0.29, 0.717) is 17.2 Å². The lowest BCUT2D eigenvalue weighted by Crippen LogP contribution is -2.52. The maximum absolute atomic E-state index is 5.46. The van der Waals surface area contributed by atoms with E-state index in [2.05, 4.69) is 34.0 Å². The molecule has 1 saturated heterocycles. The summed E-state index contributed by atoms with van der Waals surface area (Å²) in [5.41, 5.74) is 1.15. The number of nitrogens with zero attached hydrogens (tertiary/aromatic N) is 3. The molecule has 0 amide bonds. The van der Waals surface area contributed by atoms with Crippen LogP contribution in [0.15, 0.2) is 17.1 Å². The summed E-state index contributed by atoms with van der Waals surface area (Å²) in [6.45, 7) is 10.6. The Hall–Kier alpha value is -1.42. The third-order valence-corrected chi connectivity index (χ3v) is 4.45. The molecule has 0 aromatic heterocycles. The molecule has 1 fully saturated rings. The first-order valence-corrected chi connectivity index (χ1v) is 9.21. The Morgan fingerprint density at radius 1 is 1.00 bits per heavy atom. The van der Waals surface area contributed by atoms with Crippen LogP contribution in [-0.4, -0.2) is 76.4 Å². The van der Waals surface area contributed by atoms with Crippen molar-refractivity contribution in [3.63, 3.8) is 0 Å². The number of ether oxygens (including phenoxy) is 3.